The van der Waals surface area contributed by atoms with Crippen LogP contribution in [0.15, 0.2) is 71.8 Å². The highest BCUT2D eigenvalue weighted by atomic mass is 35.5. The number of nitro benzene ring substituents is 1. The second-order valence-corrected chi connectivity index (χ2v) is 6.61. The third-order valence-corrected chi connectivity index (χ3v) is 4.34. The summed E-state index contributed by atoms with van der Waals surface area (Å²) in [6, 6.07) is 18.7. The lowest BCUT2D eigenvalue weighted by Gasteiger charge is -2.08. The lowest BCUT2D eigenvalue weighted by Crippen LogP contribution is -1.97. The van der Waals surface area contributed by atoms with Gasteiger partial charge in [0.15, 0.2) is 0 Å². The quantitative estimate of drug-likeness (QED) is 0.294. The molecule has 0 saturated carbocycles. The number of halogens is 2. The van der Waals surface area contributed by atoms with Crippen molar-refractivity contribution in [2.75, 3.05) is 5.43 Å². The van der Waals surface area contributed by atoms with Crippen molar-refractivity contribution in [3.63, 3.8) is 0 Å². The first-order chi connectivity index (χ1) is 13.5. The normalized spacial score (nSPS) is 10.8. The first-order valence-corrected chi connectivity index (χ1v) is 8.97. The maximum Gasteiger partial charge on any atom is 0.269 e. The van der Waals surface area contributed by atoms with E-state index in [9.17, 15) is 10.1 Å². The van der Waals surface area contributed by atoms with Crippen LogP contribution in [0.25, 0.3) is 0 Å². The smallest absolute Gasteiger partial charge is 0.269 e. The highest BCUT2D eigenvalue weighted by Crippen LogP contribution is 2.23. The Morgan fingerprint density at radius 1 is 1.07 bits per heavy atom. The standard InChI is InChI=1S/C20H15Cl2N3O3/c21-16-5-4-15(20(22)11-16)13-28-19-3-1-2-14(10-19)12-23-24-17-6-8-18(9-7-17)25(26)27/h1-12,24H,13H2. The van der Waals surface area contributed by atoms with Crippen molar-refractivity contribution >= 4 is 40.8 Å². The lowest BCUT2D eigenvalue weighted by atomic mass is 10.2. The summed E-state index contributed by atoms with van der Waals surface area (Å²) in [5.74, 6) is 0.672. The number of nitrogens with zero attached hydrogens (tertiary/aromatic N) is 2. The molecule has 0 aromatic heterocycles. The van der Waals surface area contributed by atoms with Crippen LogP contribution in [0, 0.1) is 10.1 Å². The van der Waals surface area contributed by atoms with Crippen molar-refractivity contribution in [2.45, 2.75) is 6.61 Å². The van der Waals surface area contributed by atoms with E-state index in [1.165, 1.54) is 12.1 Å². The number of ether oxygens (including phenoxy) is 1. The summed E-state index contributed by atoms with van der Waals surface area (Å²) in [6.07, 6.45) is 1.63. The van der Waals surface area contributed by atoms with E-state index in [4.69, 9.17) is 27.9 Å². The first kappa shape index (κ1) is 19.7. The second kappa shape index (κ2) is 9.21. The van der Waals surface area contributed by atoms with Crippen molar-refractivity contribution < 1.29 is 9.66 Å². The molecule has 1 N–H and O–H groups in total. The van der Waals surface area contributed by atoms with E-state index >= 15 is 0 Å². The van der Waals surface area contributed by atoms with Crippen LogP contribution in [-0.4, -0.2) is 11.1 Å². The zero-order valence-corrected chi connectivity index (χ0v) is 16.0. The molecule has 0 heterocycles. The highest BCUT2D eigenvalue weighted by molar-refractivity contribution is 6.35. The Bertz CT molecular complexity index is 1010. The van der Waals surface area contributed by atoms with Crippen LogP contribution in [0.4, 0.5) is 11.4 Å². The van der Waals surface area contributed by atoms with E-state index in [1.807, 2.05) is 30.3 Å². The predicted molar refractivity (Wildman–Crippen MR) is 112 cm³/mol. The van der Waals surface area contributed by atoms with Crippen LogP contribution in [0.5, 0.6) is 5.75 Å². The average molecular weight is 416 g/mol. The number of benzene rings is 3. The summed E-state index contributed by atoms with van der Waals surface area (Å²) in [7, 11) is 0. The fourth-order valence-electron chi connectivity index (χ4n) is 2.32. The molecule has 0 fully saturated rings. The number of non-ortho nitro benzene ring substituents is 1. The molecular formula is C20H15Cl2N3O3. The Morgan fingerprint density at radius 2 is 1.86 bits per heavy atom. The minimum absolute atomic E-state index is 0.0279. The molecule has 3 rings (SSSR count). The molecule has 0 unspecified atom stereocenters. The molecule has 0 amide bonds. The van der Waals surface area contributed by atoms with Gasteiger partial charge in [-0.15, -0.1) is 0 Å². The molecule has 8 heteroatoms. The summed E-state index contributed by atoms with van der Waals surface area (Å²) in [5, 5.41) is 15.9. The van der Waals surface area contributed by atoms with Crippen LogP contribution in [-0.2, 0) is 6.61 Å². The van der Waals surface area contributed by atoms with E-state index in [0.29, 0.717) is 28.1 Å². The summed E-state index contributed by atoms with van der Waals surface area (Å²) in [5.41, 5.74) is 5.16. The van der Waals surface area contributed by atoms with E-state index in [0.717, 1.165) is 11.1 Å². The Balaban J connectivity index is 1.59. The number of hydrogen-bond acceptors (Lipinski definition) is 5. The van der Waals surface area contributed by atoms with Gasteiger partial charge in [-0.25, -0.2) is 0 Å². The van der Waals surface area contributed by atoms with Gasteiger partial charge in [-0.05, 0) is 42.0 Å². The van der Waals surface area contributed by atoms with E-state index in [1.54, 1.807) is 30.5 Å². The number of rotatable bonds is 7. The van der Waals surface area contributed by atoms with Gasteiger partial charge in [-0.1, -0.05) is 41.4 Å². The van der Waals surface area contributed by atoms with E-state index in [-0.39, 0.29) is 5.69 Å². The van der Waals surface area contributed by atoms with Gasteiger partial charge in [-0.3, -0.25) is 15.5 Å². The summed E-state index contributed by atoms with van der Waals surface area (Å²) >= 11 is 12.0. The number of nitrogens with one attached hydrogen (secondary N) is 1. The Kier molecular flexibility index (Phi) is 6.47. The highest BCUT2D eigenvalue weighted by Gasteiger charge is 2.04. The van der Waals surface area contributed by atoms with Gasteiger partial charge in [0.05, 0.1) is 16.8 Å². The van der Waals surface area contributed by atoms with Gasteiger partial charge in [0, 0.05) is 27.7 Å². The molecule has 6 nitrogen and oxygen atoms in total. The van der Waals surface area contributed by atoms with Crippen LogP contribution in [0.2, 0.25) is 10.0 Å². The van der Waals surface area contributed by atoms with Gasteiger partial charge in [0.2, 0.25) is 0 Å². The second-order valence-electron chi connectivity index (χ2n) is 5.77. The molecule has 0 saturated heterocycles. The zero-order valence-electron chi connectivity index (χ0n) is 14.5. The SMILES string of the molecule is O=[N+]([O-])c1ccc(NN=Cc2cccc(OCc3ccc(Cl)cc3Cl)c2)cc1. The number of hydrogen-bond donors (Lipinski definition) is 1. The summed E-state index contributed by atoms with van der Waals surface area (Å²) in [4.78, 5) is 10.2. The van der Waals surface area contributed by atoms with Gasteiger partial charge < -0.3 is 4.74 Å². The Hall–Kier alpha value is -3.09. The van der Waals surface area contributed by atoms with Crippen molar-refractivity contribution in [3.8, 4) is 5.75 Å². The molecule has 3 aromatic carbocycles. The van der Waals surface area contributed by atoms with Gasteiger partial charge >= 0.3 is 0 Å². The number of anilines is 1. The minimum atomic E-state index is -0.449. The molecule has 0 spiro atoms. The average Bonchev–Trinajstić information content (AvgIpc) is 2.68. The maximum atomic E-state index is 10.7. The zero-order chi connectivity index (χ0) is 19.9. The minimum Gasteiger partial charge on any atom is -0.489 e. The maximum absolute atomic E-state index is 10.7. The largest absolute Gasteiger partial charge is 0.489 e. The molecule has 0 aliphatic heterocycles. The third kappa shape index (κ3) is 5.45. The van der Waals surface area contributed by atoms with Gasteiger partial charge in [0.1, 0.15) is 12.4 Å². The summed E-state index contributed by atoms with van der Waals surface area (Å²) in [6.45, 7) is 0.317. The lowest BCUT2D eigenvalue weighted by molar-refractivity contribution is -0.384. The van der Waals surface area contributed by atoms with Gasteiger partial charge in [-0.2, -0.15) is 5.10 Å². The molecule has 142 valence electrons. The molecule has 0 aliphatic rings. The molecular weight excluding hydrogens is 401 g/mol. The first-order valence-electron chi connectivity index (χ1n) is 8.21. The molecule has 3 aromatic rings. The molecule has 0 aliphatic carbocycles. The van der Waals surface area contributed by atoms with Crippen LogP contribution in [0.3, 0.4) is 0 Å². The summed E-state index contributed by atoms with van der Waals surface area (Å²) < 4.78 is 5.78. The molecule has 0 radical (unpaired) electrons. The van der Waals surface area contributed by atoms with Crippen molar-refractivity contribution in [1.29, 1.82) is 0 Å². The van der Waals surface area contributed by atoms with E-state index < -0.39 is 4.92 Å². The topological polar surface area (TPSA) is 76.8 Å². The Labute approximate surface area is 171 Å². The Morgan fingerprint density at radius 3 is 2.57 bits per heavy atom. The predicted octanol–water partition coefficient (Wildman–Crippen LogP) is 5.93. The van der Waals surface area contributed by atoms with Crippen molar-refractivity contribution in [1.82, 2.24) is 0 Å². The molecule has 0 bridgehead atoms. The van der Waals surface area contributed by atoms with Gasteiger partial charge in [0.25, 0.3) is 5.69 Å². The fraction of sp³-hybridized carbons (Fsp3) is 0.0500. The van der Waals surface area contributed by atoms with Crippen LogP contribution in [0.1, 0.15) is 11.1 Å². The number of hydrazone groups is 1. The van der Waals surface area contributed by atoms with Crippen molar-refractivity contribution in [2.24, 2.45) is 5.10 Å². The van der Waals surface area contributed by atoms with Crippen LogP contribution < -0.4 is 10.2 Å². The van der Waals surface area contributed by atoms with E-state index in [2.05, 4.69) is 10.5 Å². The fourth-order valence-corrected chi connectivity index (χ4v) is 2.79. The third-order valence-electron chi connectivity index (χ3n) is 3.75. The number of nitro groups is 1. The molecule has 0 atom stereocenters. The monoisotopic (exact) mass is 415 g/mol. The molecule has 28 heavy (non-hydrogen) atoms. The van der Waals surface area contributed by atoms with Crippen LogP contribution >= 0.6 is 23.2 Å². The van der Waals surface area contributed by atoms with Crippen molar-refractivity contribution in [3.05, 3.63) is 98.0 Å².